The molecule has 2 aromatic rings. The first-order valence-corrected chi connectivity index (χ1v) is 6.59. The molecule has 108 valence electrons. The number of carbonyl (C=O) groups excluding carboxylic acids is 1. The lowest BCUT2D eigenvalue weighted by Gasteiger charge is -2.23. The average molecular weight is 297 g/mol. The van der Waals surface area contributed by atoms with Gasteiger partial charge in [-0.3, -0.25) is 4.79 Å². The first kappa shape index (κ1) is 14.7. The zero-order valence-corrected chi connectivity index (χ0v) is 12.3. The van der Waals surface area contributed by atoms with Crippen LogP contribution in [0.2, 0.25) is 5.02 Å². The molecule has 1 amide bonds. The predicted octanol–water partition coefficient (Wildman–Crippen LogP) is 2.52. The van der Waals surface area contributed by atoms with E-state index in [1.807, 2.05) is 6.92 Å². The first-order chi connectivity index (χ1) is 9.29. The molecule has 6 heteroatoms. The molecule has 1 atom stereocenters. The number of halogens is 1. The Hall–Kier alpha value is -1.72. The van der Waals surface area contributed by atoms with Crippen molar-refractivity contribution in [3.8, 4) is 0 Å². The van der Waals surface area contributed by atoms with Crippen molar-refractivity contribution in [1.82, 2.24) is 10.3 Å². The van der Waals surface area contributed by atoms with Gasteiger partial charge in [0.2, 0.25) is 0 Å². The summed E-state index contributed by atoms with van der Waals surface area (Å²) >= 11 is 5.74. The molecule has 3 N–H and O–H groups in total. The summed E-state index contributed by atoms with van der Waals surface area (Å²) in [5, 5.41) is 13.6. The summed E-state index contributed by atoms with van der Waals surface area (Å²) in [6.45, 7) is 5.30. The van der Waals surface area contributed by atoms with Crippen molar-refractivity contribution in [2.24, 2.45) is 0 Å². The Balaban J connectivity index is 2.06. The highest BCUT2D eigenvalue weighted by Gasteiger charge is 2.28. The zero-order chi connectivity index (χ0) is 14.9. The normalized spacial score (nSPS) is 14.1. The van der Waals surface area contributed by atoms with Crippen molar-refractivity contribution in [1.29, 1.82) is 0 Å². The number of rotatable bonds is 4. The molecular weight excluding hydrogens is 280 g/mol. The fourth-order valence-electron chi connectivity index (χ4n) is 2.11. The SMILES string of the molecule is Cc1cc(C(C)(O)CNC(=O)c2cc(Cl)c[nH]2)c(C)o1. The summed E-state index contributed by atoms with van der Waals surface area (Å²) in [5.41, 5.74) is -0.181. The number of nitrogens with one attached hydrogen (secondary N) is 2. The van der Waals surface area contributed by atoms with Gasteiger partial charge in [0.25, 0.3) is 5.91 Å². The lowest BCUT2D eigenvalue weighted by Crippen LogP contribution is -2.38. The van der Waals surface area contributed by atoms with Gasteiger partial charge in [0.15, 0.2) is 0 Å². The van der Waals surface area contributed by atoms with Gasteiger partial charge in [-0.15, -0.1) is 0 Å². The summed E-state index contributed by atoms with van der Waals surface area (Å²) < 4.78 is 5.40. The third-order valence-electron chi connectivity index (χ3n) is 3.11. The molecule has 0 aliphatic carbocycles. The molecule has 20 heavy (non-hydrogen) atoms. The Labute approximate surface area is 121 Å². The van der Waals surface area contributed by atoms with Crippen LogP contribution in [0.15, 0.2) is 22.7 Å². The molecule has 5 nitrogen and oxygen atoms in total. The molecule has 0 fully saturated rings. The highest BCUT2D eigenvalue weighted by molar-refractivity contribution is 6.30. The van der Waals surface area contributed by atoms with E-state index in [4.69, 9.17) is 16.0 Å². The Morgan fingerprint density at radius 2 is 2.20 bits per heavy atom. The lowest BCUT2D eigenvalue weighted by molar-refractivity contribution is 0.0513. The van der Waals surface area contributed by atoms with Crippen molar-refractivity contribution < 1.29 is 14.3 Å². The van der Waals surface area contributed by atoms with Crippen LogP contribution in [0.5, 0.6) is 0 Å². The molecule has 1 unspecified atom stereocenters. The van der Waals surface area contributed by atoms with E-state index in [2.05, 4.69) is 10.3 Å². The highest BCUT2D eigenvalue weighted by Crippen LogP contribution is 2.26. The van der Waals surface area contributed by atoms with E-state index in [-0.39, 0.29) is 12.5 Å². The van der Waals surface area contributed by atoms with Gasteiger partial charge >= 0.3 is 0 Å². The van der Waals surface area contributed by atoms with Gasteiger partial charge in [-0.2, -0.15) is 0 Å². The van der Waals surface area contributed by atoms with E-state index in [9.17, 15) is 9.90 Å². The maximum atomic E-state index is 11.9. The minimum atomic E-state index is -1.20. The smallest absolute Gasteiger partial charge is 0.267 e. The molecule has 2 heterocycles. The van der Waals surface area contributed by atoms with E-state index in [1.165, 1.54) is 12.3 Å². The number of aliphatic hydroxyl groups is 1. The molecule has 0 saturated carbocycles. The van der Waals surface area contributed by atoms with Crippen LogP contribution in [0.25, 0.3) is 0 Å². The van der Waals surface area contributed by atoms with Gasteiger partial charge in [-0.05, 0) is 32.9 Å². The Bertz CT molecular complexity index is 628. The number of carbonyl (C=O) groups is 1. The first-order valence-electron chi connectivity index (χ1n) is 6.21. The molecule has 2 rings (SSSR count). The number of aromatic amines is 1. The zero-order valence-electron chi connectivity index (χ0n) is 11.6. The molecular formula is C14H17ClN2O3. The standard InChI is InChI=1S/C14H17ClN2O3/c1-8-4-11(9(2)20-8)14(3,19)7-17-13(18)12-5-10(15)6-16-12/h4-6,16,19H,7H2,1-3H3,(H,17,18). The van der Waals surface area contributed by atoms with Crippen LogP contribution in [0.3, 0.4) is 0 Å². The van der Waals surface area contributed by atoms with E-state index in [0.29, 0.717) is 22.0 Å². The van der Waals surface area contributed by atoms with E-state index >= 15 is 0 Å². The number of amides is 1. The topological polar surface area (TPSA) is 78.3 Å². The molecule has 0 aliphatic rings. The Kier molecular flexibility index (Phi) is 3.92. The molecule has 0 radical (unpaired) electrons. The summed E-state index contributed by atoms with van der Waals surface area (Å²) in [5.74, 6) is 1.04. The van der Waals surface area contributed by atoms with E-state index in [1.54, 1.807) is 19.9 Å². The molecule has 0 bridgehead atoms. The second kappa shape index (κ2) is 5.34. The lowest BCUT2D eigenvalue weighted by atomic mass is 9.96. The minimum Gasteiger partial charge on any atom is -0.466 e. The highest BCUT2D eigenvalue weighted by atomic mass is 35.5. The van der Waals surface area contributed by atoms with Gasteiger partial charge in [0.1, 0.15) is 22.8 Å². The monoisotopic (exact) mass is 296 g/mol. The largest absolute Gasteiger partial charge is 0.466 e. The van der Waals surface area contributed by atoms with Crippen LogP contribution < -0.4 is 5.32 Å². The van der Waals surface area contributed by atoms with Crippen molar-refractivity contribution in [3.05, 3.63) is 46.1 Å². The Morgan fingerprint density at radius 3 is 2.70 bits per heavy atom. The summed E-state index contributed by atoms with van der Waals surface area (Å²) in [6.07, 6.45) is 1.53. The van der Waals surface area contributed by atoms with Gasteiger partial charge in [-0.1, -0.05) is 11.6 Å². The van der Waals surface area contributed by atoms with Gasteiger partial charge in [0, 0.05) is 11.8 Å². The fraction of sp³-hybridized carbons (Fsp3) is 0.357. The van der Waals surface area contributed by atoms with E-state index in [0.717, 1.165) is 5.76 Å². The van der Waals surface area contributed by atoms with Crippen molar-refractivity contribution in [3.63, 3.8) is 0 Å². The van der Waals surface area contributed by atoms with Crippen molar-refractivity contribution >= 4 is 17.5 Å². The average Bonchev–Trinajstić information content (AvgIpc) is 2.93. The number of furan rings is 1. The van der Waals surface area contributed by atoms with Crippen LogP contribution in [0.4, 0.5) is 0 Å². The number of hydrogen-bond donors (Lipinski definition) is 3. The second-order valence-corrected chi connectivity index (χ2v) is 5.45. The Morgan fingerprint density at radius 1 is 1.50 bits per heavy atom. The van der Waals surface area contributed by atoms with Gasteiger partial charge in [0.05, 0.1) is 11.6 Å². The molecule has 2 aromatic heterocycles. The number of hydrogen-bond acceptors (Lipinski definition) is 3. The van der Waals surface area contributed by atoms with Crippen LogP contribution in [-0.4, -0.2) is 22.5 Å². The molecule has 0 spiro atoms. The van der Waals surface area contributed by atoms with Crippen LogP contribution in [0, 0.1) is 13.8 Å². The third-order valence-corrected chi connectivity index (χ3v) is 3.33. The van der Waals surface area contributed by atoms with Crippen molar-refractivity contribution in [2.75, 3.05) is 6.54 Å². The van der Waals surface area contributed by atoms with Crippen LogP contribution >= 0.6 is 11.6 Å². The number of aromatic nitrogens is 1. The van der Waals surface area contributed by atoms with Crippen LogP contribution in [-0.2, 0) is 5.60 Å². The summed E-state index contributed by atoms with van der Waals surface area (Å²) in [4.78, 5) is 14.6. The predicted molar refractivity (Wildman–Crippen MR) is 75.9 cm³/mol. The molecule has 0 aliphatic heterocycles. The second-order valence-electron chi connectivity index (χ2n) is 5.02. The maximum Gasteiger partial charge on any atom is 0.267 e. The molecule has 0 aromatic carbocycles. The van der Waals surface area contributed by atoms with Crippen LogP contribution in [0.1, 0.15) is 34.5 Å². The quantitative estimate of drug-likeness (QED) is 0.811. The molecule has 0 saturated heterocycles. The maximum absolute atomic E-state index is 11.9. The number of H-pyrrole nitrogens is 1. The summed E-state index contributed by atoms with van der Waals surface area (Å²) in [6, 6.07) is 3.30. The van der Waals surface area contributed by atoms with E-state index < -0.39 is 5.60 Å². The minimum absolute atomic E-state index is 0.0717. The van der Waals surface area contributed by atoms with Crippen molar-refractivity contribution in [2.45, 2.75) is 26.4 Å². The third kappa shape index (κ3) is 3.05. The summed E-state index contributed by atoms with van der Waals surface area (Å²) in [7, 11) is 0. The van der Waals surface area contributed by atoms with Gasteiger partial charge < -0.3 is 19.8 Å². The number of aryl methyl sites for hydroxylation is 2. The fourth-order valence-corrected chi connectivity index (χ4v) is 2.27. The van der Waals surface area contributed by atoms with Gasteiger partial charge in [-0.25, -0.2) is 0 Å².